The lowest BCUT2D eigenvalue weighted by atomic mass is 9.31. The Kier molecular flexibility index (Phi) is 19.5. The van der Waals surface area contributed by atoms with E-state index in [2.05, 4.69) is 40.7 Å². The van der Waals surface area contributed by atoms with Crippen LogP contribution in [0.3, 0.4) is 0 Å². The smallest absolute Gasteiger partial charge is 0.302 e. The van der Waals surface area contributed by atoms with Crippen LogP contribution < -0.4 is 0 Å². The Labute approximate surface area is 467 Å². The molecule has 0 spiro atoms. The predicted octanol–water partition coefficient (Wildman–Crippen LogP) is -1.49. The third kappa shape index (κ3) is 10.9. The summed E-state index contributed by atoms with van der Waals surface area (Å²) in [5, 5.41) is 154. The van der Waals surface area contributed by atoms with Crippen LogP contribution in [0.15, 0.2) is 11.6 Å². The highest BCUT2D eigenvalue weighted by Gasteiger charge is 2.78. The van der Waals surface area contributed by atoms with Crippen LogP contribution in [0.2, 0.25) is 0 Å². The molecule has 24 heteroatoms. The van der Waals surface area contributed by atoms with Crippen LogP contribution >= 0.6 is 0 Å². The van der Waals surface area contributed by atoms with Crippen LogP contribution in [0.5, 0.6) is 0 Å². The molecule has 0 bridgehead atoms. The van der Waals surface area contributed by atoms with Crippen molar-refractivity contribution in [1.29, 1.82) is 0 Å². The Hall–Kier alpha value is -1.67. The Morgan fingerprint density at radius 3 is 1.73 bits per heavy atom. The van der Waals surface area contributed by atoms with Crippen molar-refractivity contribution in [3.05, 3.63) is 11.6 Å². The number of aliphatic hydroxyl groups excluding tert-OH is 14. The number of carbonyl (C=O) groups is 1. The lowest BCUT2D eigenvalue weighted by Gasteiger charge is -2.74. The summed E-state index contributed by atoms with van der Waals surface area (Å²) in [5.41, 5.74) is -3.21. The molecular weight excluding hydrogens is 1060 g/mol. The van der Waals surface area contributed by atoms with Gasteiger partial charge in [-0.15, -0.1) is 0 Å². The summed E-state index contributed by atoms with van der Waals surface area (Å²) in [4.78, 5) is 11.6. The standard InChI is InChI=1S/C56H94O24/c1-25(2)12-10-16-55(9,80-49-45(71)41(67)38(64)30(77-49)24-73-47-43(69)39(65)35(61)27(21-57)74-47)56-17-11-15-54(56,8)53(7)19-13-31-51(4,5)34(14-18-52(31,6)32(53)20-33(56)60)78-50-46(42(68)36(62)28(22-58)75-50)79-48-44(70)40(66)37(63)29(76-48)23-72-26(3)59/h12,27-50,57-58,60-71H,10-11,13-24H2,1-9H3/t27-,28+,29-,30-,31-,32+,33-,34+,35-,36+,37-,38-,39-,40-,41+,42+,43+,44+,45+,46-,47-,48-,49+,50-,52+,53-,54+,55+,56+/m0/s1. The zero-order chi connectivity index (χ0) is 59.0. The predicted molar refractivity (Wildman–Crippen MR) is 276 cm³/mol. The van der Waals surface area contributed by atoms with Gasteiger partial charge in [-0.2, -0.15) is 0 Å². The number of rotatable bonds is 17. The quantitative estimate of drug-likeness (QED) is 0.0448. The van der Waals surface area contributed by atoms with Gasteiger partial charge >= 0.3 is 5.97 Å². The zero-order valence-corrected chi connectivity index (χ0v) is 47.7. The molecule has 24 nitrogen and oxygen atoms in total. The fraction of sp³-hybridized carbons (Fsp3) is 0.946. The molecule has 14 N–H and O–H groups in total. The van der Waals surface area contributed by atoms with Gasteiger partial charge in [0, 0.05) is 12.3 Å². The number of hydrogen-bond donors (Lipinski definition) is 14. The number of fused-ring (bicyclic) bond motifs is 5. The monoisotopic (exact) mass is 1150 g/mol. The van der Waals surface area contributed by atoms with Gasteiger partial charge in [-0.25, -0.2) is 0 Å². The van der Waals surface area contributed by atoms with E-state index in [4.69, 9.17) is 42.6 Å². The highest BCUT2D eigenvalue weighted by molar-refractivity contribution is 5.65. The lowest BCUT2D eigenvalue weighted by Crippen LogP contribution is -2.74. The van der Waals surface area contributed by atoms with Crippen molar-refractivity contribution in [3.8, 4) is 0 Å². The van der Waals surface area contributed by atoms with E-state index >= 15 is 0 Å². The summed E-state index contributed by atoms with van der Waals surface area (Å²) < 4.78 is 54.7. The van der Waals surface area contributed by atoms with Crippen molar-refractivity contribution in [1.82, 2.24) is 0 Å². The molecule has 4 saturated heterocycles. The second kappa shape index (κ2) is 24.2. The molecule has 0 radical (unpaired) electrons. The van der Waals surface area contributed by atoms with Gasteiger partial charge in [0.05, 0.1) is 37.6 Å². The molecule has 0 aromatic carbocycles. The number of ether oxygens (including phenoxy) is 9. The summed E-state index contributed by atoms with van der Waals surface area (Å²) in [6.45, 7) is 15.8. The Balaban J connectivity index is 1.05. The van der Waals surface area contributed by atoms with Crippen molar-refractivity contribution in [2.45, 2.75) is 267 Å². The number of esters is 1. The number of aliphatic hydroxyl groups is 14. The maximum absolute atomic E-state index is 13.3. The molecule has 8 aliphatic rings. The first-order chi connectivity index (χ1) is 37.4. The Morgan fingerprint density at radius 2 is 1.12 bits per heavy atom. The lowest BCUT2D eigenvalue weighted by molar-refractivity contribution is -0.382. The first-order valence-corrected chi connectivity index (χ1v) is 28.8. The van der Waals surface area contributed by atoms with E-state index in [9.17, 15) is 76.3 Å². The minimum Gasteiger partial charge on any atom is -0.463 e. The molecule has 462 valence electrons. The summed E-state index contributed by atoms with van der Waals surface area (Å²) in [6, 6.07) is 0. The van der Waals surface area contributed by atoms with Crippen molar-refractivity contribution >= 4 is 5.97 Å². The van der Waals surface area contributed by atoms with Gasteiger partial charge in [-0.3, -0.25) is 4.79 Å². The molecule has 0 amide bonds. The van der Waals surface area contributed by atoms with Crippen LogP contribution in [0.1, 0.15) is 127 Å². The molecule has 0 aromatic heterocycles. The first kappa shape index (κ1) is 64.3. The van der Waals surface area contributed by atoms with E-state index < -0.39 is 200 Å². The van der Waals surface area contributed by atoms with E-state index in [0.717, 1.165) is 38.2 Å². The third-order valence-electron chi connectivity index (χ3n) is 21.5. The van der Waals surface area contributed by atoms with Gasteiger partial charge in [0.2, 0.25) is 0 Å². The van der Waals surface area contributed by atoms with Gasteiger partial charge in [0.1, 0.15) is 104 Å². The van der Waals surface area contributed by atoms with E-state index in [1.165, 1.54) is 0 Å². The van der Waals surface area contributed by atoms with E-state index in [0.29, 0.717) is 38.5 Å². The van der Waals surface area contributed by atoms with Gasteiger partial charge in [-0.1, -0.05) is 52.7 Å². The average molecular weight is 1150 g/mol. The third-order valence-corrected chi connectivity index (χ3v) is 21.5. The van der Waals surface area contributed by atoms with Crippen LogP contribution in [-0.2, 0) is 47.4 Å². The average Bonchev–Trinajstić information content (AvgIpc) is 3.32. The Bertz CT molecular complexity index is 2130. The van der Waals surface area contributed by atoms with Crippen molar-refractivity contribution in [2.24, 2.45) is 38.9 Å². The first-order valence-electron chi connectivity index (χ1n) is 28.8. The molecular formula is C56H94O24. The normalized spacial score (nSPS) is 51.0. The number of hydrogen-bond acceptors (Lipinski definition) is 24. The molecule has 4 heterocycles. The van der Waals surface area contributed by atoms with Crippen LogP contribution in [0.4, 0.5) is 0 Å². The maximum atomic E-state index is 13.3. The van der Waals surface area contributed by atoms with Crippen molar-refractivity contribution in [3.63, 3.8) is 0 Å². The largest absolute Gasteiger partial charge is 0.463 e. The fourth-order valence-corrected chi connectivity index (χ4v) is 17.0. The molecule has 4 saturated carbocycles. The van der Waals surface area contributed by atoms with E-state index in [1.807, 2.05) is 20.8 Å². The second-order valence-electron chi connectivity index (χ2n) is 26.3. The topological polar surface area (TPSA) is 383 Å². The number of allylic oxidation sites excluding steroid dienone is 2. The zero-order valence-electron chi connectivity index (χ0n) is 47.7. The molecule has 4 aliphatic carbocycles. The number of carbonyl (C=O) groups excluding carboxylic acids is 1. The van der Waals surface area contributed by atoms with Crippen molar-refractivity contribution < 1.29 is 119 Å². The van der Waals surface area contributed by atoms with E-state index in [-0.39, 0.29) is 11.8 Å². The highest BCUT2D eigenvalue weighted by Crippen LogP contribution is 2.80. The van der Waals surface area contributed by atoms with Crippen LogP contribution in [-0.4, -0.2) is 245 Å². The summed E-state index contributed by atoms with van der Waals surface area (Å²) >= 11 is 0. The van der Waals surface area contributed by atoms with Crippen LogP contribution in [0.25, 0.3) is 0 Å². The minimum absolute atomic E-state index is 0.0214. The van der Waals surface area contributed by atoms with Crippen LogP contribution in [0, 0.1) is 38.9 Å². The van der Waals surface area contributed by atoms with Gasteiger partial charge in [-0.05, 0) is 112 Å². The molecule has 0 unspecified atom stereocenters. The summed E-state index contributed by atoms with van der Waals surface area (Å²) in [7, 11) is 0. The molecule has 0 aromatic rings. The molecule has 8 rings (SSSR count). The van der Waals surface area contributed by atoms with Gasteiger partial charge in [0.25, 0.3) is 0 Å². The van der Waals surface area contributed by atoms with Gasteiger partial charge < -0.3 is 114 Å². The van der Waals surface area contributed by atoms with Gasteiger partial charge in [0.15, 0.2) is 25.2 Å². The SMILES string of the molecule is CC(=O)OC[C@@H]1O[C@@H](O[C@@H]2[C@H](O[C@@H]3CC[C@@]4(C)[C@H]5C[C@H](O)[C@]6([C@@](C)(CCC=C(C)C)O[C@H]7O[C@@H](CO[C@H]8O[C@@H](CO)[C@H](O)[C@H](O)[C@H]8O)[C@H](O)[C@@H](O)[C@H]7O)CCC[C@]6(C)[C@@]5(C)CC[C@H]4C3(C)C)O[C@H](CO)[C@@H](O)[C@H]2O)[C@H](O)[C@@H](O)[C@H]1O. The summed E-state index contributed by atoms with van der Waals surface area (Å²) in [5.74, 6) is -0.761. The fourth-order valence-electron chi connectivity index (χ4n) is 17.0. The Morgan fingerprint density at radius 1 is 0.588 bits per heavy atom. The maximum Gasteiger partial charge on any atom is 0.302 e. The van der Waals surface area contributed by atoms with E-state index in [1.54, 1.807) is 0 Å². The minimum atomic E-state index is -1.86. The van der Waals surface area contributed by atoms with Crippen molar-refractivity contribution in [2.75, 3.05) is 26.4 Å². The molecule has 80 heavy (non-hydrogen) atoms. The second-order valence-corrected chi connectivity index (χ2v) is 26.3. The highest BCUT2D eigenvalue weighted by atomic mass is 16.8. The molecule has 8 fully saturated rings. The summed E-state index contributed by atoms with van der Waals surface area (Å²) in [6.07, 6.45) is -25.9. The molecule has 4 aliphatic heterocycles. The molecule has 29 atom stereocenters.